The number of thiazole rings is 1. The molecule has 26 heavy (non-hydrogen) atoms. The highest BCUT2D eigenvalue weighted by Gasteiger charge is 2.22. The van der Waals surface area contributed by atoms with Crippen LogP contribution in [0.15, 0.2) is 24.5 Å². The third-order valence-corrected chi connectivity index (χ3v) is 4.87. The molecule has 0 saturated carbocycles. The van der Waals surface area contributed by atoms with Crippen LogP contribution in [0.4, 0.5) is 13.9 Å². The molecule has 6 nitrogen and oxygen atoms in total. The van der Waals surface area contributed by atoms with E-state index in [9.17, 15) is 13.6 Å². The molecule has 1 aliphatic heterocycles. The lowest BCUT2D eigenvalue weighted by atomic mass is 10.1. The lowest BCUT2D eigenvalue weighted by Crippen LogP contribution is -2.42. The Hall–Kier alpha value is -1.97. The van der Waals surface area contributed by atoms with Gasteiger partial charge < -0.3 is 10.1 Å². The Morgan fingerprint density at radius 3 is 3.12 bits per heavy atom. The summed E-state index contributed by atoms with van der Waals surface area (Å²) < 4.78 is 31.3. The number of ether oxygens (including phenoxy) is 1. The van der Waals surface area contributed by atoms with Crippen molar-refractivity contribution < 1.29 is 18.3 Å². The quantitative estimate of drug-likeness (QED) is 0.832. The van der Waals surface area contributed by atoms with Gasteiger partial charge in [0.25, 0.3) is 6.43 Å². The van der Waals surface area contributed by atoms with Crippen LogP contribution in [0.2, 0.25) is 0 Å². The minimum absolute atomic E-state index is 0.0561. The average Bonchev–Trinajstić information content (AvgIpc) is 3.01. The second-order valence-corrected chi connectivity index (χ2v) is 7.25. The van der Waals surface area contributed by atoms with E-state index < -0.39 is 6.43 Å². The molecule has 9 heteroatoms. The van der Waals surface area contributed by atoms with Gasteiger partial charge in [-0.1, -0.05) is 0 Å². The van der Waals surface area contributed by atoms with Gasteiger partial charge in [-0.25, -0.2) is 13.8 Å². The standard InChI is InChI=1S/C17H20F2N4O2S/c1-11(24)22-17-21-8-14(26-17)10-23-4-5-25-13(9-23)6-12-2-3-20-15(7-12)16(18)19/h2-3,7-8,13,16H,4-6,9-10H2,1H3,(H,21,22,24). The number of hydrogen-bond donors (Lipinski definition) is 1. The van der Waals surface area contributed by atoms with Crippen molar-refractivity contribution in [3.8, 4) is 0 Å². The van der Waals surface area contributed by atoms with Crippen molar-refractivity contribution in [1.82, 2.24) is 14.9 Å². The molecule has 2 aromatic heterocycles. The zero-order chi connectivity index (χ0) is 18.5. The van der Waals surface area contributed by atoms with Crippen molar-refractivity contribution in [2.45, 2.75) is 32.4 Å². The molecular formula is C17H20F2N4O2S. The van der Waals surface area contributed by atoms with Gasteiger partial charge in [-0.15, -0.1) is 11.3 Å². The smallest absolute Gasteiger partial charge is 0.280 e. The molecule has 140 valence electrons. The number of halogens is 2. The number of anilines is 1. The Morgan fingerprint density at radius 2 is 2.35 bits per heavy atom. The van der Waals surface area contributed by atoms with E-state index in [0.717, 1.165) is 23.5 Å². The maximum Gasteiger partial charge on any atom is 0.280 e. The number of amides is 1. The number of morpholine rings is 1. The van der Waals surface area contributed by atoms with Gasteiger partial charge in [0.2, 0.25) is 5.91 Å². The summed E-state index contributed by atoms with van der Waals surface area (Å²) in [5.74, 6) is -0.141. The molecule has 0 aliphatic carbocycles. The number of nitrogens with one attached hydrogen (secondary N) is 1. The number of nitrogens with zero attached hydrogens (tertiary/aromatic N) is 3. The van der Waals surface area contributed by atoms with Crippen molar-refractivity contribution in [1.29, 1.82) is 0 Å². The minimum Gasteiger partial charge on any atom is -0.375 e. The summed E-state index contributed by atoms with van der Waals surface area (Å²) in [7, 11) is 0. The Kier molecular flexibility index (Phi) is 6.23. The molecule has 1 atom stereocenters. The van der Waals surface area contributed by atoms with Crippen LogP contribution >= 0.6 is 11.3 Å². The molecule has 3 heterocycles. The third kappa shape index (κ3) is 5.26. The fraction of sp³-hybridized carbons (Fsp3) is 0.471. The van der Waals surface area contributed by atoms with E-state index in [1.54, 1.807) is 12.3 Å². The van der Waals surface area contributed by atoms with E-state index in [1.165, 1.54) is 30.5 Å². The predicted octanol–water partition coefficient (Wildman–Crippen LogP) is 2.88. The van der Waals surface area contributed by atoms with Crippen LogP contribution in [0, 0.1) is 0 Å². The van der Waals surface area contributed by atoms with Gasteiger partial charge in [0.05, 0.1) is 12.7 Å². The highest BCUT2D eigenvalue weighted by Crippen LogP contribution is 2.22. The summed E-state index contributed by atoms with van der Waals surface area (Å²) in [6.45, 7) is 4.26. The van der Waals surface area contributed by atoms with Crippen molar-refractivity contribution in [3.05, 3.63) is 40.7 Å². The number of pyridine rings is 1. The first kappa shape index (κ1) is 18.8. The topological polar surface area (TPSA) is 67.4 Å². The van der Waals surface area contributed by atoms with Crippen molar-refractivity contribution >= 4 is 22.4 Å². The fourth-order valence-electron chi connectivity index (χ4n) is 2.86. The van der Waals surface area contributed by atoms with E-state index in [0.29, 0.717) is 24.7 Å². The molecule has 1 unspecified atom stereocenters. The Balaban J connectivity index is 1.56. The van der Waals surface area contributed by atoms with Crippen LogP contribution in [0.3, 0.4) is 0 Å². The first-order valence-corrected chi connectivity index (χ1v) is 9.10. The molecule has 3 rings (SSSR count). The molecule has 2 aromatic rings. The van der Waals surface area contributed by atoms with Crippen LogP contribution in [-0.4, -0.2) is 46.6 Å². The Labute approximate surface area is 154 Å². The summed E-state index contributed by atoms with van der Waals surface area (Å²) in [6.07, 6.45) is 1.12. The molecule has 1 fully saturated rings. The van der Waals surface area contributed by atoms with Gasteiger partial charge in [0, 0.05) is 50.2 Å². The van der Waals surface area contributed by atoms with Crippen LogP contribution in [0.1, 0.15) is 29.5 Å². The molecule has 0 spiro atoms. The van der Waals surface area contributed by atoms with E-state index in [2.05, 4.69) is 20.2 Å². The molecule has 1 saturated heterocycles. The molecule has 0 radical (unpaired) electrons. The SMILES string of the molecule is CC(=O)Nc1ncc(CN2CCOC(Cc3ccnc(C(F)F)c3)C2)s1. The summed E-state index contributed by atoms with van der Waals surface area (Å²) in [5, 5.41) is 3.27. The number of aromatic nitrogens is 2. The zero-order valence-electron chi connectivity index (χ0n) is 14.3. The Morgan fingerprint density at radius 1 is 1.50 bits per heavy atom. The highest BCUT2D eigenvalue weighted by molar-refractivity contribution is 7.15. The van der Waals surface area contributed by atoms with Crippen molar-refractivity contribution in [2.75, 3.05) is 25.0 Å². The van der Waals surface area contributed by atoms with Gasteiger partial charge in [0.1, 0.15) is 5.69 Å². The van der Waals surface area contributed by atoms with Gasteiger partial charge in [-0.05, 0) is 17.7 Å². The lowest BCUT2D eigenvalue weighted by Gasteiger charge is -2.32. The highest BCUT2D eigenvalue weighted by atomic mass is 32.1. The molecule has 1 aliphatic rings. The fourth-order valence-corrected chi connectivity index (χ4v) is 3.76. The number of carbonyl (C=O) groups excluding carboxylic acids is 1. The normalized spacial score (nSPS) is 18.2. The average molecular weight is 382 g/mol. The van der Waals surface area contributed by atoms with Gasteiger partial charge in [0.15, 0.2) is 5.13 Å². The lowest BCUT2D eigenvalue weighted by molar-refractivity contribution is -0.114. The summed E-state index contributed by atoms with van der Waals surface area (Å²) in [5.41, 5.74) is 0.596. The number of carbonyl (C=O) groups is 1. The second-order valence-electron chi connectivity index (χ2n) is 6.13. The molecule has 1 amide bonds. The van der Waals surface area contributed by atoms with Crippen LogP contribution in [0.5, 0.6) is 0 Å². The maximum absolute atomic E-state index is 12.8. The van der Waals surface area contributed by atoms with E-state index >= 15 is 0 Å². The van der Waals surface area contributed by atoms with Gasteiger partial charge in [-0.3, -0.25) is 14.7 Å². The predicted molar refractivity (Wildman–Crippen MR) is 94.3 cm³/mol. The van der Waals surface area contributed by atoms with E-state index in [1.807, 2.05) is 0 Å². The van der Waals surface area contributed by atoms with Crippen LogP contribution in [0.25, 0.3) is 0 Å². The molecule has 1 N–H and O–H groups in total. The van der Waals surface area contributed by atoms with E-state index in [4.69, 9.17) is 4.74 Å². The first-order chi connectivity index (χ1) is 12.5. The summed E-state index contributed by atoms with van der Waals surface area (Å²) >= 11 is 1.45. The third-order valence-electron chi connectivity index (χ3n) is 3.97. The van der Waals surface area contributed by atoms with Gasteiger partial charge in [-0.2, -0.15) is 0 Å². The summed E-state index contributed by atoms with van der Waals surface area (Å²) in [4.78, 5) is 22.2. The monoisotopic (exact) mass is 382 g/mol. The zero-order valence-corrected chi connectivity index (χ0v) is 15.1. The first-order valence-electron chi connectivity index (χ1n) is 8.29. The largest absolute Gasteiger partial charge is 0.375 e. The van der Waals surface area contributed by atoms with Crippen LogP contribution < -0.4 is 5.32 Å². The molecule has 0 bridgehead atoms. The number of hydrogen-bond acceptors (Lipinski definition) is 6. The van der Waals surface area contributed by atoms with Crippen LogP contribution in [-0.2, 0) is 22.5 Å². The summed E-state index contributed by atoms with van der Waals surface area (Å²) in [6, 6.07) is 3.19. The number of rotatable bonds is 6. The second kappa shape index (κ2) is 8.61. The van der Waals surface area contributed by atoms with Crippen molar-refractivity contribution in [3.63, 3.8) is 0 Å². The molecule has 0 aromatic carbocycles. The molecular weight excluding hydrogens is 362 g/mol. The van der Waals surface area contributed by atoms with Gasteiger partial charge >= 0.3 is 0 Å². The van der Waals surface area contributed by atoms with E-state index in [-0.39, 0.29) is 17.7 Å². The Bertz CT molecular complexity index is 756. The number of alkyl halides is 2. The van der Waals surface area contributed by atoms with Crippen molar-refractivity contribution in [2.24, 2.45) is 0 Å². The maximum atomic E-state index is 12.8. The minimum atomic E-state index is -2.57.